The molecule has 50 valence electrons. The van der Waals surface area contributed by atoms with Crippen molar-refractivity contribution in [3.8, 4) is 0 Å². The van der Waals surface area contributed by atoms with Crippen LogP contribution in [0, 0.1) is 0 Å². The molecule has 1 aromatic rings. The van der Waals surface area contributed by atoms with Gasteiger partial charge in [0.2, 0.25) is 4.34 Å². The predicted octanol–water partition coefficient (Wildman–Crippen LogP) is 0.666. The van der Waals surface area contributed by atoms with E-state index in [1.165, 1.54) is 11.3 Å². The van der Waals surface area contributed by atoms with Crippen molar-refractivity contribution in [2.45, 2.75) is 11.3 Å². The van der Waals surface area contributed by atoms with E-state index in [1.54, 1.807) is 5.51 Å². The van der Waals surface area contributed by atoms with E-state index < -0.39 is 10.8 Å². The molecule has 1 unspecified atom stereocenters. The van der Waals surface area contributed by atoms with Gasteiger partial charge in [-0.15, -0.1) is 10.2 Å². The van der Waals surface area contributed by atoms with Gasteiger partial charge in [0.15, 0.2) is 0 Å². The van der Waals surface area contributed by atoms with E-state index in [2.05, 4.69) is 10.2 Å². The van der Waals surface area contributed by atoms with Crippen molar-refractivity contribution in [2.24, 2.45) is 0 Å². The summed E-state index contributed by atoms with van der Waals surface area (Å²) >= 11 is 1.33. The van der Waals surface area contributed by atoms with Crippen LogP contribution in [0.3, 0.4) is 0 Å². The Kier molecular flexibility index (Phi) is 2.29. The number of hydrogen-bond acceptors (Lipinski definition) is 4. The lowest BCUT2D eigenvalue weighted by Gasteiger charge is -1.85. The highest BCUT2D eigenvalue weighted by Crippen LogP contribution is 2.06. The lowest BCUT2D eigenvalue weighted by Crippen LogP contribution is -1.92. The number of nitrogens with zero attached hydrogens (tertiary/aromatic N) is 2. The fourth-order valence-corrected chi connectivity index (χ4v) is 1.96. The Hall–Kier alpha value is -0.290. The van der Waals surface area contributed by atoms with E-state index in [-0.39, 0.29) is 0 Å². The SMILES string of the molecule is CCS(=O)c1nncs1. The highest BCUT2D eigenvalue weighted by Gasteiger charge is 2.02. The van der Waals surface area contributed by atoms with Gasteiger partial charge in [0.25, 0.3) is 0 Å². The molecule has 0 bridgehead atoms. The van der Waals surface area contributed by atoms with Gasteiger partial charge < -0.3 is 0 Å². The largest absolute Gasteiger partial charge is 0.252 e. The minimum absolute atomic E-state index is 0.620. The van der Waals surface area contributed by atoms with Crippen LogP contribution in [0.25, 0.3) is 0 Å². The Balaban J connectivity index is 2.77. The molecular formula is C4H6N2OS2. The summed E-state index contributed by atoms with van der Waals surface area (Å²) in [5.74, 6) is 0.620. The van der Waals surface area contributed by atoms with Crippen molar-refractivity contribution >= 4 is 22.1 Å². The third-order valence-electron chi connectivity index (χ3n) is 0.797. The molecule has 0 aliphatic carbocycles. The van der Waals surface area contributed by atoms with Gasteiger partial charge in [0.05, 0.1) is 10.8 Å². The third-order valence-corrected chi connectivity index (χ3v) is 3.12. The van der Waals surface area contributed by atoms with Crippen LogP contribution >= 0.6 is 11.3 Å². The van der Waals surface area contributed by atoms with Crippen LogP contribution in [0.4, 0.5) is 0 Å². The average Bonchev–Trinajstić information content (AvgIpc) is 2.37. The number of rotatable bonds is 2. The molecule has 1 rings (SSSR count). The van der Waals surface area contributed by atoms with Crippen molar-refractivity contribution in [3.05, 3.63) is 5.51 Å². The quantitative estimate of drug-likeness (QED) is 0.641. The highest BCUT2D eigenvalue weighted by atomic mass is 32.2. The summed E-state index contributed by atoms with van der Waals surface area (Å²) in [6, 6.07) is 0. The second kappa shape index (κ2) is 3.03. The molecule has 0 spiro atoms. The third kappa shape index (κ3) is 1.56. The Morgan fingerprint density at radius 2 is 2.67 bits per heavy atom. The van der Waals surface area contributed by atoms with E-state index in [0.29, 0.717) is 10.1 Å². The maximum atomic E-state index is 10.9. The zero-order valence-corrected chi connectivity index (χ0v) is 6.54. The molecule has 0 saturated carbocycles. The van der Waals surface area contributed by atoms with E-state index in [1.807, 2.05) is 6.92 Å². The van der Waals surface area contributed by atoms with E-state index >= 15 is 0 Å². The first-order chi connectivity index (χ1) is 4.34. The van der Waals surface area contributed by atoms with Crippen molar-refractivity contribution in [1.82, 2.24) is 10.2 Å². The standard InChI is InChI=1S/C4H6N2OS2/c1-2-9(7)4-6-5-3-8-4/h3H,2H2,1H3. The molecule has 0 aliphatic rings. The fourth-order valence-electron chi connectivity index (χ4n) is 0.386. The molecule has 5 heteroatoms. The van der Waals surface area contributed by atoms with Gasteiger partial charge in [0.1, 0.15) is 5.51 Å². The highest BCUT2D eigenvalue weighted by molar-refractivity contribution is 7.87. The molecule has 0 aliphatic heterocycles. The Labute approximate surface area is 59.6 Å². The average molecular weight is 162 g/mol. The van der Waals surface area contributed by atoms with Crippen LogP contribution < -0.4 is 0 Å². The van der Waals surface area contributed by atoms with Crippen LogP contribution in [0.15, 0.2) is 9.85 Å². The zero-order chi connectivity index (χ0) is 6.69. The van der Waals surface area contributed by atoms with E-state index in [0.717, 1.165) is 0 Å². The summed E-state index contributed by atoms with van der Waals surface area (Å²) in [4.78, 5) is 0. The number of aromatic nitrogens is 2. The molecule has 1 atom stereocenters. The Morgan fingerprint density at radius 1 is 1.89 bits per heavy atom. The number of hydrogen-bond donors (Lipinski definition) is 0. The maximum Gasteiger partial charge on any atom is 0.204 e. The fraction of sp³-hybridized carbons (Fsp3) is 0.500. The molecule has 0 radical (unpaired) electrons. The maximum absolute atomic E-state index is 10.9. The molecule has 0 aromatic carbocycles. The van der Waals surface area contributed by atoms with Gasteiger partial charge in [0, 0.05) is 5.75 Å². The second-order valence-electron chi connectivity index (χ2n) is 1.34. The topological polar surface area (TPSA) is 42.9 Å². The Morgan fingerprint density at radius 3 is 3.11 bits per heavy atom. The lowest BCUT2D eigenvalue weighted by molar-refractivity contribution is 0.682. The van der Waals surface area contributed by atoms with Crippen molar-refractivity contribution in [2.75, 3.05) is 5.75 Å². The summed E-state index contributed by atoms with van der Waals surface area (Å²) in [6.07, 6.45) is 0. The summed E-state index contributed by atoms with van der Waals surface area (Å²) in [6.45, 7) is 1.86. The van der Waals surface area contributed by atoms with Gasteiger partial charge in [-0.3, -0.25) is 4.21 Å². The second-order valence-corrected chi connectivity index (χ2v) is 4.09. The monoisotopic (exact) mass is 162 g/mol. The first-order valence-electron chi connectivity index (χ1n) is 2.49. The minimum Gasteiger partial charge on any atom is -0.252 e. The Bertz CT molecular complexity index is 196. The molecule has 0 fully saturated rings. The van der Waals surface area contributed by atoms with Crippen LogP contribution in [-0.4, -0.2) is 20.2 Å². The molecule has 1 aromatic heterocycles. The smallest absolute Gasteiger partial charge is 0.204 e. The summed E-state index contributed by atoms with van der Waals surface area (Å²) in [5, 5.41) is 7.22. The molecule has 0 N–H and O–H groups in total. The van der Waals surface area contributed by atoms with Crippen LogP contribution in [-0.2, 0) is 10.8 Å². The summed E-state index contributed by atoms with van der Waals surface area (Å²) in [5.41, 5.74) is 1.59. The molecule has 0 saturated heterocycles. The molecule has 9 heavy (non-hydrogen) atoms. The molecule has 0 amide bonds. The van der Waals surface area contributed by atoms with Gasteiger partial charge in [-0.25, -0.2) is 0 Å². The first kappa shape index (κ1) is 6.82. The van der Waals surface area contributed by atoms with Crippen molar-refractivity contribution < 1.29 is 4.21 Å². The minimum atomic E-state index is -0.914. The van der Waals surface area contributed by atoms with Gasteiger partial charge in [-0.1, -0.05) is 18.3 Å². The molecule has 1 heterocycles. The van der Waals surface area contributed by atoms with Crippen molar-refractivity contribution in [1.29, 1.82) is 0 Å². The summed E-state index contributed by atoms with van der Waals surface area (Å²) < 4.78 is 11.5. The first-order valence-corrected chi connectivity index (χ1v) is 4.69. The zero-order valence-electron chi connectivity index (χ0n) is 4.90. The van der Waals surface area contributed by atoms with Gasteiger partial charge >= 0.3 is 0 Å². The normalized spacial score (nSPS) is 13.4. The van der Waals surface area contributed by atoms with E-state index in [4.69, 9.17) is 0 Å². The predicted molar refractivity (Wildman–Crippen MR) is 36.9 cm³/mol. The van der Waals surface area contributed by atoms with E-state index in [9.17, 15) is 4.21 Å². The lowest BCUT2D eigenvalue weighted by atomic mass is 11.0. The van der Waals surface area contributed by atoms with Crippen LogP contribution in [0.1, 0.15) is 6.92 Å². The van der Waals surface area contributed by atoms with Crippen LogP contribution in [0.2, 0.25) is 0 Å². The summed E-state index contributed by atoms with van der Waals surface area (Å²) in [7, 11) is -0.914. The van der Waals surface area contributed by atoms with Gasteiger partial charge in [-0.2, -0.15) is 0 Å². The van der Waals surface area contributed by atoms with Crippen molar-refractivity contribution in [3.63, 3.8) is 0 Å². The van der Waals surface area contributed by atoms with Gasteiger partial charge in [-0.05, 0) is 0 Å². The molecular weight excluding hydrogens is 156 g/mol. The van der Waals surface area contributed by atoms with Crippen LogP contribution in [0.5, 0.6) is 0 Å². The molecule has 3 nitrogen and oxygen atoms in total.